The van der Waals surface area contributed by atoms with Crippen LogP contribution in [0.4, 0.5) is 0 Å². The lowest BCUT2D eigenvalue weighted by atomic mass is 9.55. The first-order valence-corrected chi connectivity index (χ1v) is 31.4. The molecule has 2 spiro atoms. The summed E-state index contributed by atoms with van der Waals surface area (Å²) in [6.07, 6.45) is 22.9. The van der Waals surface area contributed by atoms with E-state index in [2.05, 4.69) is 97.1 Å². The highest BCUT2D eigenvalue weighted by Crippen LogP contribution is 2.62. The van der Waals surface area contributed by atoms with Gasteiger partial charge in [0.1, 0.15) is 11.3 Å². The summed E-state index contributed by atoms with van der Waals surface area (Å²) in [5, 5.41) is 32.6. The van der Waals surface area contributed by atoms with Gasteiger partial charge in [0.15, 0.2) is 17.8 Å². The van der Waals surface area contributed by atoms with Gasteiger partial charge in [0.2, 0.25) is 0 Å². The second-order valence-electron chi connectivity index (χ2n) is 26.2. The Morgan fingerprint density at radius 1 is 0.819 bits per heavy atom. The first kappa shape index (κ1) is 56.0. The van der Waals surface area contributed by atoms with E-state index in [0.29, 0.717) is 53.0 Å². The van der Waals surface area contributed by atoms with Crippen molar-refractivity contribution < 1.29 is 48.3 Å². The minimum Gasteiger partial charge on any atom is -0.482 e. The van der Waals surface area contributed by atoms with Crippen molar-refractivity contribution in [3.05, 3.63) is 175 Å². The number of carbonyl (C=O) groups excluding carboxylic acids is 2. The molecule has 3 aliphatic heterocycles. The van der Waals surface area contributed by atoms with Crippen LogP contribution in [0.3, 0.4) is 0 Å². The molecule has 0 saturated heterocycles. The third kappa shape index (κ3) is 9.87. The average Bonchev–Trinajstić information content (AvgIpc) is 2.31. The molecule has 11 nitrogen and oxygen atoms in total. The number of esters is 2. The van der Waals surface area contributed by atoms with Crippen LogP contribution in [-0.4, -0.2) is 65.9 Å². The van der Waals surface area contributed by atoms with Gasteiger partial charge >= 0.3 is 17.6 Å². The number of benzene rings is 4. The molecule has 436 valence electrons. The molecule has 14 rings (SSSR count). The van der Waals surface area contributed by atoms with Gasteiger partial charge in [0.05, 0.1) is 25.4 Å². The third-order valence-corrected chi connectivity index (χ3v) is 22.0. The van der Waals surface area contributed by atoms with Crippen molar-refractivity contribution in [2.24, 2.45) is 29.1 Å². The highest BCUT2D eigenvalue weighted by molar-refractivity contribution is 5.90. The molecule has 4 saturated carbocycles. The van der Waals surface area contributed by atoms with Crippen LogP contribution in [0.15, 0.2) is 124 Å². The summed E-state index contributed by atoms with van der Waals surface area (Å²) in [6.45, 7) is 0.763. The Morgan fingerprint density at radius 2 is 1.65 bits per heavy atom. The molecule has 0 amide bonds. The Morgan fingerprint density at radius 3 is 2.46 bits per heavy atom. The standard InChI is InChI=1S/C72H82O11/c1-44(41-74)55-25-19-45-17-20-46(21-18-45)56-26-23-50(49-12-9-15-54(38-49)71-33-6-5-14-53(71)24-22-47-11-3-4-16-59(47)71)37-52(56)39-62(76)80-66-64-61(28-27-57-58(42-75)63(69(78)81-65(57)64)51(30-36-73)43-79-2)83-72(67(66)82-68(55)77)34-10-13-48-29-35-70(40-60(48)72)31-7-8-32-70/h3-4,9-13,15-18,20-22,24,27-28,38,48,50-53,56,60,66-67,73-75H,5-8,14,19,23,25-26,29-37,39-43H2,1-2H3. The molecule has 11 atom stereocenters. The summed E-state index contributed by atoms with van der Waals surface area (Å²) >= 11 is 0. The number of methoxy groups -OCH3 is 1. The summed E-state index contributed by atoms with van der Waals surface area (Å²) in [5.74, 6) is -0.807. The molecule has 9 aliphatic rings. The van der Waals surface area contributed by atoms with E-state index >= 15 is 9.59 Å². The van der Waals surface area contributed by atoms with Crippen molar-refractivity contribution in [2.45, 2.75) is 177 Å². The van der Waals surface area contributed by atoms with Gasteiger partial charge in [0, 0.05) is 60.3 Å². The van der Waals surface area contributed by atoms with E-state index in [0.717, 1.165) is 82.6 Å². The summed E-state index contributed by atoms with van der Waals surface area (Å²) in [6, 6.07) is 30.7. The van der Waals surface area contributed by atoms with Crippen LogP contribution in [0.1, 0.15) is 196 Å². The van der Waals surface area contributed by atoms with Crippen molar-refractivity contribution in [2.75, 3.05) is 26.9 Å². The van der Waals surface area contributed by atoms with Crippen molar-refractivity contribution in [1.29, 1.82) is 0 Å². The van der Waals surface area contributed by atoms with Crippen molar-refractivity contribution in [3.63, 3.8) is 0 Å². The fourth-order valence-electron chi connectivity index (χ4n) is 17.9. The summed E-state index contributed by atoms with van der Waals surface area (Å²) < 4.78 is 33.9. The van der Waals surface area contributed by atoms with E-state index in [1.165, 1.54) is 47.8 Å². The van der Waals surface area contributed by atoms with Crippen molar-refractivity contribution in [3.8, 4) is 5.75 Å². The maximum atomic E-state index is 15.9. The fraction of sp³-hybridized carbons (Fsp3) is 0.514. The molecule has 6 aliphatic carbocycles. The van der Waals surface area contributed by atoms with Gasteiger partial charge in [-0.25, -0.2) is 9.59 Å². The first-order chi connectivity index (χ1) is 40.5. The van der Waals surface area contributed by atoms with Crippen LogP contribution in [0.5, 0.6) is 5.75 Å². The van der Waals surface area contributed by atoms with E-state index in [9.17, 15) is 20.1 Å². The maximum Gasteiger partial charge on any atom is 0.340 e. The molecular formula is C72H82O11. The second kappa shape index (κ2) is 23.0. The summed E-state index contributed by atoms with van der Waals surface area (Å²) in [7, 11) is 1.53. The number of aryl methyl sites for hydroxylation is 1. The van der Waals surface area contributed by atoms with E-state index in [-0.39, 0.29) is 89.8 Å². The summed E-state index contributed by atoms with van der Waals surface area (Å²) in [5.41, 5.74) is 7.41. The number of fused-ring (bicyclic) bond motifs is 16. The minimum absolute atomic E-state index is 0.0482. The van der Waals surface area contributed by atoms with Gasteiger partial charge < -0.3 is 38.7 Å². The quantitative estimate of drug-likeness (QED) is 0.0557. The average molecular weight is 1120 g/mol. The van der Waals surface area contributed by atoms with Crippen LogP contribution >= 0.6 is 0 Å². The lowest BCUT2D eigenvalue weighted by molar-refractivity contribution is -0.212. The first-order valence-electron chi connectivity index (χ1n) is 31.4. The van der Waals surface area contributed by atoms with E-state index in [1.54, 1.807) is 13.0 Å². The predicted octanol–water partition coefficient (Wildman–Crippen LogP) is 13.5. The van der Waals surface area contributed by atoms with Gasteiger partial charge in [-0.1, -0.05) is 123 Å². The molecule has 1 aromatic heterocycles. The number of aliphatic hydroxyl groups is 3. The van der Waals surface area contributed by atoms with Crippen LogP contribution in [0, 0.1) is 29.1 Å². The predicted molar refractivity (Wildman–Crippen MR) is 319 cm³/mol. The van der Waals surface area contributed by atoms with Crippen molar-refractivity contribution >= 4 is 29.0 Å². The van der Waals surface area contributed by atoms with Gasteiger partial charge in [-0.15, -0.1) is 0 Å². The highest BCUT2D eigenvalue weighted by atomic mass is 16.6. The zero-order valence-electron chi connectivity index (χ0n) is 48.5. The highest BCUT2D eigenvalue weighted by Gasteiger charge is 2.63. The molecule has 4 aromatic carbocycles. The van der Waals surface area contributed by atoms with E-state index in [1.807, 2.05) is 6.07 Å². The third-order valence-electron chi connectivity index (χ3n) is 22.0. The van der Waals surface area contributed by atoms with Gasteiger partial charge in [-0.05, 0) is 182 Å². The molecule has 4 heterocycles. The molecule has 3 N–H and O–H groups in total. The number of hydrogen-bond acceptors (Lipinski definition) is 11. The Balaban J connectivity index is 0.950. The van der Waals surface area contributed by atoms with Crippen LogP contribution in [0.25, 0.3) is 17.0 Å². The molecule has 11 unspecified atom stereocenters. The Kier molecular flexibility index (Phi) is 15.6. The Hall–Kier alpha value is -6.11. The van der Waals surface area contributed by atoms with E-state index in [4.69, 9.17) is 23.4 Å². The molecule has 0 radical (unpaired) electrons. The number of carbonyl (C=O) groups is 2. The zero-order valence-corrected chi connectivity index (χ0v) is 48.5. The fourth-order valence-corrected chi connectivity index (χ4v) is 17.9. The monoisotopic (exact) mass is 1120 g/mol. The molecule has 2 bridgehead atoms. The van der Waals surface area contributed by atoms with E-state index < -0.39 is 47.9 Å². The molecular weight excluding hydrogens is 1040 g/mol. The molecule has 5 aromatic rings. The largest absolute Gasteiger partial charge is 0.482 e. The van der Waals surface area contributed by atoms with Crippen LogP contribution in [0.2, 0.25) is 0 Å². The number of hydrogen-bond donors (Lipinski definition) is 3. The molecule has 83 heavy (non-hydrogen) atoms. The number of allylic oxidation sites excluding steroid dienone is 2. The number of aliphatic hydroxyl groups excluding tert-OH is 3. The number of rotatable bonds is 9. The van der Waals surface area contributed by atoms with Crippen LogP contribution in [-0.2, 0) is 42.2 Å². The van der Waals surface area contributed by atoms with Crippen LogP contribution < -0.4 is 10.4 Å². The Labute approximate surface area is 488 Å². The maximum absolute atomic E-state index is 15.9. The smallest absolute Gasteiger partial charge is 0.340 e. The van der Waals surface area contributed by atoms with Gasteiger partial charge in [-0.3, -0.25) is 4.79 Å². The SMILES string of the molecule is COCC(CCO)c1c(CO)c2ccc3c(c2oc1=O)C1OC(=O)CC2CC(c4cccc(C56CCCCC5C=Cc5ccccc56)c4)CCC2c2ccc(cc2)CCC(=C(C)CO)C(=O)OC1C1(CC=CC2CCC4(CCCC4)CC21)O3. The molecule has 4 fully saturated rings. The van der Waals surface area contributed by atoms with Crippen molar-refractivity contribution in [1.82, 2.24) is 0 Å². The Bertz CT molecular complexity index is 3410. The van der Waals surface area contributed by atoms with Gasteiger partial charge in [0.25, 0.3) is 0 Å². The molecule has 11 heteroatoms. The zero-order chi connectivity index (χ0) is 57.0. The second-order valence-corrected chi connectivity index (χ2v) is 26.2. The topological polar surface area (TPSA) is 162 Å². The summed E-state index contributed by atoms with van der Waals surface area (Å²) in [4.78, 5) is 46.0. The normalized spacial score (nSPS) is 31.0. The minimum atomic E-state index is -1.31. The lowest BCUT2D eigenvalue weighted by Gasteiger charge is -2.57. The van der Waals surface area contributed by atoms with Gasteiger partial charge in [-0.2, -0.15) is 0 Å². The number of ether oxygens (including phenoxy) is 4. The lowest BCUT2D eigenvalue weighted by Crippen LogP contribution is -2.63.